The minimum Gasteiger partial charge on any atom is -0.294 e. The van der Waals surface area contributed by atoms with E-state index in [-0.39, 0.29) is 5.56 Å². The zero-order valence-corrected chi connectivity index (χ0v) is 22.8. The Morgan fingerprint density at radius 1 is 0.405 bits per heavy atom. The molecule has 6 aromatic carbocycles. The van der Waals surface area contributed by atoms with Gasteiger partial charge in [-0.3, -0.25) is 13.8 Å². The Balaban J connectivity index is 1.58. The number of para-hydroxylation sites is 2. The van der Waals surface area contributed by atoms with Crippen LogP contribution in [0, 0.1) is 0 Å². The molecule has 8 aromatic rings. The minimum atomic E-state index is -0.0395. The molecular formula is C39H26N2O. The second-order valence-electron chi connectivity index (χ2n) is 10.6. The van der Waals surface area contributed by atoms with Gasteiger partial charge >= 0.3 is 0 Å². The minimum absolute atomic E-state index is 0.0395. The van der Waals surface area contributed by atoms with E-state index in [0.717, 1.165) is 61.1 Å². The molecule has 0 fully saturated rings. The predicted molar refractivity (Wildman–Crippen MR) is 174 cm³/mol. The summed E-state index contributed by atoms with van der Waals surface area (Å²) in [6, 6.07) is 54.0. The van der Waals surface area contributed by atoms with Crippen molar-refractivity contribution in [3.05, 3.63) is 168 Å². The molecule has 198 valence electrons. The van der Waals surface area contributed by atoms with Gasteiger partial charge in [0.25, 0.3) is 5.56 Å². The van der Waals surface area contributed by atoms with Crippen LogP contribution in [0.1, 0.15) is 0 Å². The molecule has 42 heavy (non-hydrogen) atoms. The third-order valence-electron chi connectivity index (χ3n) is 8.09. The zero-order chi connectivity index (χ0) is 28.0. The topological polar surface area (TPSA) is 26.4 Å². The van der Waals surface area contributed by atoms with Crippen molar-refractivity contribution >= 4 is 27.5 Å². The Bertz CT molecular complexity index is 2240. The molecular weight excluding hydrogens is 512 g/mol. The summed E-state index contributed by atoms with van der Waals surface area (Å²) < 4.78 is 4.18. The van der Waals surface area contributed by atoms with Gasteiger partial charge in [0, 0.05) is 10.9 Å². The van der Waals surface area contributed by atoms with Crippen molar-refractivity contribution in [1.29, 1.82) is 0 Å². The summed E-state index contributed by atoms with van der Waals surface area (Å²) in [5, 5.41) is 1.78. The number of rotatable bonds is 4. The van der Waals surface area contributed by atoms with Crippen LogP contribution in [0.3, 0.4) is 0 Å². The first-order chi connectivity index (χ1) is 20.8. The van der Waals surface area contributed by atoms with Gasteiger partial charge in [-0.25, -0.2) is 0 Å². The fourth-order valence-electron chi connectivity index (χ4n) is 6.21. The Morgan fingerprint density at radius 2 is 0.857 bits per heavy atom. The molecule has 0 atom stereocenters. The smallest absolute Gasteiger partial charge is 0.266 e. The molecule has 0 bridgehead atoms. The van der Waals surface area contributed by atoms with Crippen molar-refractivity contribution in [2.24, 2.45) is 0 Å². The molecule has 8 rings (SSSR count). The van der Waals surface area contributed by atoms with Crippen LogP contribution in [-0.2, 0) is 0 Å². The summed E-state index contributed by atoms with van der Waals surface area (Å²) >= 11 is 0. The van der Waals surface area contributed by atoms with Crippen LogP contribution in [0.5, 0.6) is 0 Å². The largest absolute Gasteiger partial charge is 0.294 e. The maximum absolute atomic E-state index is 14.6. The molecule has 0 N–H and O–H groups in total. The zero-order valence-electron chi connectivity index (χ0n) is 22.8. The lowest BCUT2D eigenvalue weighted by Crippen LogP contribution is -2.21. The summed E-state index contributed by atoms with van der Waals surface area (Å²) in [4.78, 5) is 14.6. The highest BCUT2D eigenvalue weighted by molar-refractivity contribution is 6.07. The van der Waals surface area contributed by atoms with Gasteiger partial charge in [-0.2, -0.15) is 0 Å². The van der Waals surface area contributed by atoms with E-state index >= 15 is 0 Å². The van der Waals surface area contributed by atoms with Gasteiger partial charge in [0.15, 0.2) is 0 Å². The van der Waals surface area contributed by atoms with E-state index in [2.05, 4.69) is 120 Å². The summed E-state index contributed by atoms with van der Waals surface area (Å²) in [6.45, 7) is 0. The summed E-state index contributed by atoms with van der Waals surface area (Å²) in [5.41, 5.74) is 10.0. The van der Waals surface area contributed by atoms with Crippen molar-refractivity contribution in [1.82, 2.24) is 8.97 Å². The molecule has 3 nitrogen and oxygen atoms in total. The summed E-state index contributed by atoms with van der Waals surface area (Å²) in [6.07, 6.45) is 0. The third kappa shape index (κ3) is 3.79. The van der Waals surface area contributed by atoms with Crippen molar-refractivity contribution < 1.29 is 0 Å². The number of fused-ring (bicyclic) bond motifs is 5. The van der Waals surface area contributed by atoms with Gasteiger partial charge in [-0.15, -0.1) is 0 Å². The van der Waals surface area contributed by atoms with Crippen LogP contribution in [0.4, 0.5) is 0 Å². The predicted octanol–water partition coefficient (Wildman–Crippen LogP) is 9.40. The fourth-order valence-corrected chi connectivity index (χ4v) is 6.21. The molecule has 2 aromatic heterocycles. The molecule has 0 aliphatic heterocycles. The monoisotopic (exact) mass is 538 g/mol. The number of aromatic nitrogens is 2. The van der Waals surface area contributed by atoms with E-state index < -0.39 is 0 Å². The summed E-state index contributed by atoms with van der Waals surface area (Å²) in [5.74, 6) is 0. The van der Waals surface area contributed by atoms with Gasteiger partial charge in [-0.1, -0.05) is 121 Å². The highest BCUT2D eigenvalue weighted by Crippen LogP contribution is 2.38. The number of hydrogen-bond acceptors (Lipinski definition) is 1. The molecule has 0 saturated heterocycles. The molecule has 0 radical (unpaired) electrons. The normalized spacial score (nSPS) is 11.4. The quantitative estimate of drug-likeness (QED) is 0.219. The average Bonchev–Trinajstić information content (AvgIpc) is 3.41. The molecule has 0 aliphatic rings. The van der Waals surface area contributed by atoms with Crippen molar-refractivity contribution in [3.63, 3.8) is 0 Å². The van der Waals surface area contributed by atoms with Gasteiger partial charge in [0.05, 0.1) is 22.1 Å². The Morgan fingerprint density at radius 3 is 1.43 bits per heavy atom. The second kappa shape index (κ2) is 9.76. The molecule has 0 aliphatic carbocycles. The molecule has 0 unspecified atom stereocenters. The first-order valence-corrected chi connectivity index (χ1v) is 14.2. The van der Waals surface area contributed by atoms with Crippen molar-refractivity contribution in [2.75, 3.05) is 0 Å². The Labute approximate surface area is 243 Å². The second-order valence-corrected chi connectivity index (χ2v) is 10.6. The Kier molecular flexibility index (Phi) is 5.61. The summed E-state index contributed by atoms with van der Waals surface area (Å²) in [7, 11) is 0. The highest BCUT2D eigenvalue weighted by atomic mass is 16.1. The standard InChI is InChI=1S/C39H26N2O/c42-39-34-21-11-13-23-36(34)41-35-22-12-10-20-33(35)37(29-18-8-3-9-19-29)38(41)40(39)32-25-30(27-14-4-1-5-15-27)24-31(26-32)28-16-6-2-7-17-28/h1-26H. The van der Waals surface area contributed by atoms with Crippen LogP contribution in [0.2, 0.25) is 0 Å². The van der Waals surface area contributed by atoms with E-state index in [1.165, 1.54) is 0 Å². The van der Waals surface area contributed by atoms with Crippen LogP contribution in [-0.4, -0.2) is 8.97 Å². The van der Waals surface area contributed by atoms with E-state index in [1.54, 1.807) is 0 Å². The Hall–Kier alpha value is -5.67. The number of benzene rings is 6. The lowest BCUT2D eigenvalue weighted by atomic mass is 9.97. The van der Waals surface area contributed by atoms with Crippen LogP contribution >= 0.6 is 0 Å². The van der Waals surface area contributed by atoms with Crippen LogP contribution in [0.15, 0.2) is 163 Å². The number of nitrogens with zero attached hydrogens (tertiary/aromatic N) is 2. The third-order valence-corrected chi connectivity index (χ3v) is 8.09. The molecule has 3 heteroatoms. The maximum Gasteiger partial charge on any atom is 0.266 e. The van der Waals surface area contributed by atoms with Crippen molar-refractivity contribution in [3.8, 4) is 39.1 Å². The van der Waals surface area contributed by atoms with Crippen molar-refractivity contribution in [2.45, 2.75) is 0 Å². The van der Waals surface area contributed by atoms with E-state index in [1.807, 2.05) is 47.0 Å². The number of hydrogen-bond donors (Lipinski definition) is 0. The van der Waals surface area contributed by atoms with Crippen LogP contribution in [0.25, 0.3) is 66.5 Å². The molecule has 0 saturated carbocycles. The van der Waals surface area contributed by atoms with Gasteiger partial charge < -0.3 is 0 Å². The SMILES string of the molecule is O=c1c2ccccc2n2c3ccccc3c(-c3ccccc3)c2n1-c1cc(-c2ccccc2)cc(-c2ccccc2)c1. The van der Waals surface area contributed by atoms with E-state index in [0.29, 0.717) is 5.39 Å². The van der Waals surface area contributed by atoms with E-state index in [9.17, 15) is 4.79 Å². The molecule has 2 heterocycles. The van der Waals surface area contributed by atoms with Gasteiger partial charge in [0.2, 0.25) is 0 Å². The lowest BCUT2D eigenvalue weighted by molar-refractivity contribution is 1.01. The lowest BCUT2D eigenvalue weighted by Gasteiger charge is -2.17. The van der Waals surface area contributed by atoms with Crippen LogP contribution < -0.4 is 5.56 Å². The maximum atomic E-state index is 14.6. The molecule has 0 spiro atoms. The first kappa shape index (κ1) is 24.2. The van der Waals surface area contributed by atoms with Gasteiger partial charge in [0.1, 0.15) is 5.65 Å². The fraction of sp³-hybridized carbons (Fsp3) is 0. The highest BCUT2D eigenvalue weighted by Gasteiger charge is 2.22. The van der Waals surface area contributed by atoms with Gasteiger partial charge in [-0.05, 0) is 64.2 Å². The first-order valence-electron chi connectivity index (χ1n) is 14.2. The van der Waals surface area contributed by atoms with E-state index in [4.69, 9.17) is 0 Å². The molecule has 0 amide bonds. The average molecular weight is 539 g/mol.